The van der Waals surface area contributed by atoms with E-state index < -0.39 is 18.1 Å². The molecule has 1 amide bonds. The smallest absolute Gasteiger partial charge is 0.471 e. The zero-order valence-corrected chi connectivity index (χ0v) is 25.6. The first kappa shape index (κ1) is 31.2. The minimum absolute atomic E-state index is 0.00862. The zero-order valence-electron chi connectivity index (χ0n) is 24.8. The number of hydrogen-bond donors (Lipinski definition) is 1. The van der Waals surface area contributed by atoms with Crippen molar-refractivity contribution in [2.24, 2.45) is 0 Å². The number of alkyl halides is 3. The lowest BCUT2D eigenvalue weighted by Crippen LogP contribution is -2.45. The van der Waals surface area contributed by atoms with Crippen molar-refractivity contribution in [2.75, 3.05) is 16.8 Å². The number of halogens is 4. The average molecular weight is 647 g/mol. The average Bonchev–Trinajstić information content (AvgIpc) is 3.19. The molecule has 0 saturated heterocycles. The molecule has 1 aliphatic carbocycles. The summed E-state index contributed by atoms with van der Waals surface area (Å²) in [4.78, 5) is 28.1. The largest absolute Gasteiger partial charge is 0.490 e. The van der Waals surface area contributed by atoms with Gasteiger partial charge in [0.2, 0.25) is 0 Å². The van der Waals surface area contributed by atoms with Crippen molar-refractivity contribution in [3.8, 4) is 11.5 Å². The van der Waals surface area contributed by atoms with Crippen LogP contribution in [0.1, 0.15) is 48.4 Å². The van der Waals surface area contributed by atoms with Gasteiger partial charge in [-0.15, -0.1) is 0 Å². The number of fused-ring (bicyclic) bond motifs is 1. The van der Waals surface area contributed by atoms with Crippen molar-refractivity contribution >= 4 is 34.7 Å². The van der Waals surface area contributed by atoms with E-state index in [0.29, 0.717) is 33.5 Å². The number of carbonyl (C=O) groups excluding carboxylic acids is 2. The number of allylic oxidation sites excluding steroid dienone is 1. The lowest BCUT2D eigenvalue weighted by Gasteiger charge is -2.35. The maximum absolute atomic E-state index is 14.3. The molecular formula is C36H30ClF3N2O4. The first-order chi connectivity index (χ1) is 22.1. The van der Waals surface area contributed by atoms with Crippen LogP contribution in [0, 0.1) is 0 Å². The molecule has 2 atom stereocenters. The normalized spacial score (nSPS) is 17.8. The van der Waals surface area contributed by atoms with Gasteiger partial charge in [-0.2, -0.15) is 13.2 Å². The van der Waals surface area contributed by atoms with Crippen LogP contribution in [0.2, 0.25) is 5.02 Å². The van der Waals surface area contributed by atoms with Gasteiger partial charge in [0.05, 0.1) is 24.0 Å². The number of carbonyl (C=O) groups is 2. The minimum atomic E-state index is -5.22. The van der Waals surface area contributed by atoms with Gasteiger partial charge in [-0.25, -0.2) is 0 Å². The Bertz CT molecular complexity index is 1790. The monoisotopic (exact) mass is 646 g/mol. The molecule has 236 valence electrons. The molecule has 0 radical (unpaired) electrons. The Morgan fingerprint density at radius 3 is 2.33 bits per heavy atom. The summed E-state index contributed by atoms with van der Waals surface area (Å²) < 4.78 is 54.9. The van der Waals surface area contributed by atoms with E-state index in [9.17, 15) is 22.8 Å². The molecule has 0 unspecified atom stereocenters. The van der Waals surface area contributed by atoms with Crippen LogP contribution >= 0.6 is 11.6 Å². The molecular weight excluding hydrogens is 617 g/mol. The summed E-state index contributed by atoms with van der Waals surface area (Å²) in [7, 11) is 0. The van der Waals surface area contributed by atoms with Gasteiger partial charge in [-0.3, -0.25) is 14.5 Å². The summed E-state index contributed by atoms with van der Waals surface area (Å²) >= 11 is 6.00. The van der Waals surface area contributed by atoms with Gasteiger partial charge < -0.3 is 14.8 Å². The number of rotatable bonds is 7. The van der Waals surface area contributed by atoms with E-state index in [4.69, 9.17) is 21.1 Å². The Kier molecular flexibility index (Phi) is 8.77. The quantitative estimate of drug-likeness (QED) is 0.217. The summed E-state index contributed by atoms with van der Waals surface area (Å²) in [5.74, 6) is -2.00. The molecule has 0 bridgehead atoms. The topological polar surface area (TPSA) is 67.9 Å². The molecule has 4 aromatic carbocycles. The number of nitrogens with one attached hydrogen (secondary N) is 1. The summed E-state index contributed by atoms with van der Waals surface area (Å²) in [5, 5.41) is 3.84. The van der Waals surface area contributed by atoms with E-state index in [1.54, 1.807) is 55.5 Å². The maximum Gasteiger partial charge on any atom is 0.471 e. The van der Waals surface area contributed by atoms with Crippen molar-refractivity contribution in [3.05, 3.63) is 130 Å². The van der Waals surface area contributed by atoms with Crippen LogP contribution in [-0.2, 0) is 16.2 Å². The molecule has 46 heavy (non-hydrogen) atoms. The van der Waals surface area contributed by atoms with Crippen LogP contribution in [0.15, 0.2) is 108 Å². The standard InChI is InChI=1S/C36H30ClF3N2O4/c1-2-45-32-20-24(14-17-31(32)46-21-22-12-15-26(37)16-13-22)34-33-28(18-25(19-30(33)43)23-8-4-3-5-9-23)41-27-10-6-7-11-29(27)42(34)35(44)36(38,39)40/h3-17,20,25,34,41H,2,18-19,21H2,1H3/t25-,34+/m1/s1. The molecule has 1 heterocycles. The van der Waals surface area contributed by atoms with Crippen LogP contribution in [0.4, 0.5) is 24.5 Å². The fraction of sp³-hybridized carbons (Fsp3) is 0.222. The van der Waals surface area contributed by atoms with Gasteiger partial charge in [0, 0.05) is 22.7 Å². The van der Waals surface area contributed by atoms with Gasteiger partial charge in [-0.1, -0.05) is 72.3 Å². The molecule has 0 fully saturated rings. The first-order valence-electron chi connectivity index (χ1n) is 14.9. The highest BCUT2D eigenvalue weighted by molar-refractivity contribution is 6.30. The van der Waals surface area contributed by atoms with Gasteiger partial charge in [0.25, 0.3) is 0 Å². The Hall–Kier alpha value is -4.76. The van der Waals surface area contributed by atoms with Crippen LogP contribution in [0.3, 0.4) is 0 Å². The van der Waals surface area contributed by atoms with Crippen LogP contribution in [0.25, 0.3) is 0 Å². The first-order valence-corrected chi connectivity index (χ1v) is 15.2. The molecule has 10 heteroatoms. The molecule has 6 rings (SSSR count). The highest BCUT2D eigenvalue weighted by Gasteiger charge is 2.50. The number of Topliss-reactive ketones (excluding diaryl/α,β-unsaturated/α-hetero) is 1. The molecule has 4 aromatic rings. The number of anilines is 2. The Morgan fingerprint density at radius 1 is 0.891 bits per heavy atom. The summed E-state index contributed by atoms with van der Waals surface area (Å²) in [6.45, 7) is 2.20. The highest BCUT2D eigenvalue weighted by atomic mass is 35.5. The Balaban J connectivity index is 1.49. The molecule has 0 spiro atoms. The molecule has 1 aliphatic heterocycles. The second-order valence-electron chi connectivity index (χ2n) is 11.1. The lowest BCUT2D eigenvalue weighted by molar-refractivity contribution is -0.170. The van der Waals surface area contributed by atoms with Crippen molar-refractivity contribution in [2.45, 2.75) is 44.5 Å². The minimum Gasteiger partial charge on any atom is -0.490 e. The number of ether oxygens (including phenoxy) is 2. The fourth-order valence-corrected chi connectivity index (χ4v) is 6.18. The maximum atomic E-state index is 14.3. The number of ketones is 1. The SMILES string of the molecule is CCOc1cc([C@H]2C3=C(C[C@@H](c4ccccc4)CC3=O)Nc3ccccc3N2C(=O)C(F)(F)F)ccc1OCc1ccc(Cl)cc1. The van der Waals surface area contributed by atoms with Crippen LogP contribution in [0.5, 0.6) is 11.5 Å². The number of para-hydroxylation sites is 2. The third-order valence-corrected chi connectivity index (χ3v) is 8.36. The van der Waals surface area contributed by atoms with E-state index in [2.05, 4.69) is 5.32 Å². The van der Waals surface area contributed by atoms with E-state index >= 15 is 0 Å². The van der Waals surface area contributed by atoms with Crippen molar-refractivity contribution in [1.82, 2.24) is 0 Å². The highest BCUT2D eigenvalue weighted by Crippen LogP contribution is 2.49. The predicted molar refractivity (Wildman–Crippen MR) is 170 cm³/mol. The summed E-state index contributed by atoms with van der Waals surface area (Å²) in [6.07, 6.45) is -4.78. The van der Waals surface area contributed by atoms with E-state index in [1.807, 2.05) is 42.5 Å². The van der Waals surface area contributed by atoms with Gasteiger partial charge in [0.1, 0.15) is 6.61 Å². The second kappa shape index (κ2) is 12.9. The fourth-order valence-electron chi connectivity index (χ4n) is 6.05. The number of benzene rings is 4. The van der Waals surface area contributed by atoms with Crippen molar-refractivity contribution in [1.29, 1.82) is 0 Å². The van der Waals surface area contributed by atoms with E-state index in [-0.39, 0.29) is 53.9 Å². The molecule has 0 saturated carbocycles. The molecule has 0 aromatic heterocycles. The van der Waals surface area contributed by atoms with Crippen molar-refractivity contribution < 1.29 is 32.2 Å². The number of amides is 1. The van der Waals surface area contributed by atoms with Gasteiger partial charge in [0.15, 0.2) is 17.3 Å². The summed E-state index contributed by atoms with van der Waals surface area (Å²) in [5.41, 5.74) is 2.96. The number of nitrogens with zero attached hydrogens (tertiary/aromatic N) is 1. The van der Waals surface area contributed by atoms with Crippen LogP contribution in [-0.4, -0.2) is 24.5 Å². The Morgan fingerprint density at radius 2 is 1.61 bits per heavy atom. The third kappa shape index (κ3) is 6.33. The molecule has 6 nitrogen and oxygen atoms in total. The second-order valence-corrected chi connectivity index (χ2v) is 11.5. The molecule has 1 N–H and O–H groups in total. The van der Waals surface area contributed by atoms with Gasteiger partial charge in [-0.05, 0) is 72.4 Å². The Labute approximate surface area is 269 Å². The van der Waals surface area contributed by atoms with E-state index in [1.165, 1.54) is 6.07 Å². The lowest BCUT2D eigenvalue weighted by atomic mass is 9.78. The summed E-state index contributed by atoms with van der Waals surface area (Å²) in [6, 6.07) is 26.3. The van der Waals surface area contributed by atoms with E-state index in [0.717, 1.165) is 11.1 Å². The zero-order chi connectivity index (χ0) is 32.4. The third-order valence-electron chi connectivity index (χ3n) is 8.11. The predicted octanol–water partition coefficient (Wildman–Crippen LogP) is 8.78. The molecule has 2 aliphatic rings. The van der Waals surface area contributed by atoms with Crippen molar-refractivity contribution in [3.63, 3.8) is 0 Å². The van der Waals surface area contributed by atoms with Crippen LogP contribution < -0.4 is 19.7 Å². The number of hydrogen-bond acceptors (Lipinski definition) is 5. The van der Waals surface area contributed by atoms with Gasteiger partial charge >= 0.3 is 12.1 Å².